The first-order valence-electron chi connectivity index (χ1n) is 6.60. The number of aliphatic hydroxyl groups is 1. The minimum absolute atomic E-state index is 0.0736. The van der Waals surface area contributed by atoms with E-state index >= 15 is 0 Å². The van der Waals surface area contributed by atoms with E-state index in [0.29, 0.717) is 11.3 Å². The van der Waals surface area contributed by atoms with E-state index in [1.54, 1.807) is 31.2 Å². The number of carbonyl (C=O) groups is 1. The van der Waals surface area contributed by atoms with E-state index in [1.807, 2.05) is 18.2 Å². The van der Waals surface area contributed by atoms with Crippen LogP contribution >= 0.6 is 0 Å². The van der Waals surface area contributed by atoms with Crippen molar-refractivity contribution in [3.63, 3.8) is 0 Å². The normalized spacial score (nSPS) is 11.8. The molecule has 0 fully saturated rings. The molecule has 0 bridgehead atoms. The maximum absolute atomic E-state index is 13.4. The van der Waals surface area contributed by atoms with Crippen molar-refractivity contribution < 1.29 is 14.3 Å². The Balaban J connectivity index is 1.86. The number of halogens is 1. The summed E-state index contributed by atoms with van der Waals surface area (Å²) in [6.45, 7) is 1.72. The molecule has 21 heavy (non-hydrogen) atoms. The first-order valence-corrected chi connectivity index (χ1v) is 6.60. The van der Waals surface area contributed by atoms with Gasteiger partial charge in [-0.05, 0) is 30.2 Å². The Morgan fingerprint density at radius 3 is 2.62 bits per heavy atom. The number of nitrogens with one attached hydrogen (secondary N) is 2. The second-order valence-corrected chi connectivity index (χ2v) is 4.73. The summed E-state index contributed by atoms with van der Waals surface area (Å²) < 4.78 is 13.4. The van der Waals surface area contributed by atoms with Crippen LogP contribution in [0, 0.1) is 12.7 Å². The average Bonchev–Trinajstić information content (AvgIpc) is 2.49. The maximum atomic E-state index is 13.4. The molecule has 5 heteroatoms. The maximum Gasteiger partial charge on any atom is 0.319 e. The molecule has 0 spiro atoms. The predicted octanol–water partition coefficient (Wildman–Crippen LogP) is 2.99. The molecule has 0 aliphatic carbocycles. The molecule has 0 saturated heterocycles. The molecule has 1 unspecified atom stereocenters. The van der Waals surface area contributed by atoms with Crippen LogP contribution in [0.5, 0.6) is 0 Å². The van der Waals surface area contributed by atoms with Gasteiger partial charge in [0.15, 0.2) is 0 Å². The van der Waals surface area contributed by atoms with E-state index in [4.69, 9.17) is 0 Å². The van der Waals surface area contributed by atoms with E-state index in [-0.39, 0.29) is 12.4 Å². The summed E-state index contributed by atoms with van der Waals surface area (Å²) >= 11 is 0. The van der Waals surface area contributed by atoms with Crippen molar-refractivity contribution in [2.75, 3.05) is 11.9 Å². The summed E-state index contributed by atoms with van der Waals surface area (Å²) in [5.74, 6) is -0.378. The lowest BCUT2D eigenvalue weighted by Gasteiger charge is -2.13. The zero-order valence-electron chi connectivity index (χ0n) is 11.6. The molecule has 3 N–H and O–H groups in total. The number of aliphatic hydroxyl groups excluding tert-OH is 1. The number of hydrogen-bond acceptors (Lipinski definition) is 2. The summed E-state index contributed by atoms with van der Waals surface area (Å²) in [7, 11) is 0. The van der Waals surface area contributed by atoms with E-state index in [2.05, 4.69) is 10.6 Å². The standard InChI is InChI=1S/C16H17FN2O2/c1-11-7-8-13(9-14(11)17)19-16(21)18-10-15(20)12-5-3-2-4-6-12/h2-9,15,20H,10H2,1H3,(H2,18,19,21). The van der Waals surface area contributed by atoms with Gasteiger partial charge in [0.05, 0.1) is 6.10 Å². The summed E-state index contributed by atoms with van der Waals surface area (Å²) in [6, 6.07) is 13.0. The molecule has 2 amide bonds. The molecule has 110 valence electrons. The van der Waals surface area contributed by atoms with Gasteiger partial charge in [-0.25, -0.2) is 9.18 Å². The number of urea groups is 1. The zero-order chi connectivity index (χ0) is 15.2. The molecule has 4 nitrogen and oxygen atoms in total. The number of amides is 2. The monoisotopic (exact) mass is 288 g/mol. The minimum Gasteiger partial charge on any atom is -0.387 e. The van der Waals surface area contributed by atoms with E-state index in [9.17, 15) is 14.3 Å². The molecule has 0 aliphatic heterocycles. The molecule has 0 heterocycles. The smallest absolute Gasteiger partial charge is 0.319 e. The summed E-state index contributed by atoms with van der Waals surface area (Å²) in [5, 5.41) is 15.0. The van der Waals surface area contributed by atoms with E-state index in [0.717, 1.165) is 5.56 Å². The summed E-state index contributed by atoms with van der Waals surface area (Å²) in [6.07, 6.45) is -0.785. The van der Waals surface area contributed by atoms with Crippen molar-refractivity contribution >= 4 is 11.7 Å². The lowest BCUT2D eigenvalue weighted by molar-refractivity contribution is 0.175. The second kappa shape index (κ2) is 6.85. The molecule has 0 saturated carbocycles. The third-order valence-electron chi connectivity index (χ3n) is 3.07. The number of aryl methyl sites for hydroxylation is 1. The highest BCUT2D eigenvalue weighted by Crippen LogP contribution is 2.14. The van der Waals surface area contributed by atoms with Gasteiger partial charge in [-0.3, -0.25) is 0 Å². The lowest BCUT2D eigenvalue weighted by Crippen LogP contribution is -2.32. The van der Waals surface area contributed by atoms with Gasteiger partial charge in [0.2, 0.25) is 0 Å². The molecule has 0 aromatic heterocycles. The Bertz CT molecular complexity index is 617. The zero-order valence-corrected chi connectivity index (χ0v) is 11.6. The first kappa shape index (κ1) is 15.0. The van der Waals surface area contributed by atoms with Crippen molar-refractivity contribution in [1.82, 2.24) is 5.32 Å². The lowest BCUT2D eigenvalue weighted by atomic mass is 10.1. The van der Waals surface area contributed by atoms with Gasteiger partial charge in [0.25, 0.3) is 0 Å². The van der Waals surface area contributed by atoms with Crippen molar-refractivity contribution in [3.8, 4) is 0 Å². The van der Waals surface area contributed by atoms with Crippen molar-refractivity contribution in [2.24, 2.45) is 0 Å². The Labute approximate surface area is 122 Å². The van der Waals surface area contributed by atoms with Crippen LogP contribution in [-0.4, -0.2) is 17.7 Å². The van der Waals surface area contributed by atoms with Crippen molar-refractivity contribution in [2.45, 2.75) is 13.0 Å². The Kier molecular flexibility index (Phi) is 4.90. The number of anilines is 1. The van der Waals surface area contributed by atoms with E-state index < -0.39 is 12.1 Å². The minimum atomic E-state index is -0.785. The van der Waals surface area contributed by atoms with Gasteiger partial charge >= 0.3 is 6.03 Å². The molecule has 0 radical (unpaired) electrons. The molecule has 2 rings (SSSR count). The highest BCUT2D eigenvalue weighted by atomic mass is 19.1. The SMILES string of the molecule is Cc1ccc(NC(=O)NCC(O)c2ccccc2)cc1F. The molecule has 2 aromatic rings. The van der Waals surface area contributed by atoms with Gasteiger partial charge in [0, 0.05) is 12.2 Å². The average molecular weight is 288 g/mol. The quantitative estimate of drug-likeness (QED) is 0.810. The fraction of sp³-hybridized carbons (Fsp3) is 0.188. The summed E-state index contributed by atoms with van der Waals surface area (Å²) in [5.41, 5.74) is 1.60. The fourth-order valence-corrected chi connectivity index (χ4v) is 1.83. The van der Waals surface area contributed by atoms with Crippen LogP contribution in [0.2, 0.25) is 0 Å². The van der Waals surface area contributed by atoms with Crippen LogP contribution in [0.4, 0.5) is 14.9 Å². The van der Waals surface area contributed by atoms with Gasteiger partial charge in [-0.2, -0.15) is 0 Å². The Hall–Kier alpha value is -2.40. The van der Waals surface area contributed by atoms with Crippen LogP contribution in [-0.2, 0) is 0 Å². The van der Waals surface area contributed by atoms with Crippen LogP contribution < -0.4 is 10.6 Å². The highest BCUT2D eigenvalue weighted by molar-refractivity contribution is 5.89. The Morgan fingerprint density at radius 2 is 1.95 bits per heavy atom. The number of hydrogen-bond donors (Lipinski definition) is 3. The van der Waals surface area contributed by atoms with Crippen molar-refractivity contribution in [1.29, 1.82) is 0 Å². The molecule has 0 aliphatic rings. The Morgan fingerprint density at radius 1 is 1.24 bits per heavy atom. The summed E-state index contributed by atoms with van der Waals surface area (Å²) in [4.78, 5) is 11.7. The van der Waals surface area contributed by atoms with E-state index in [1.165, 1.54) is 6.07 Å². The fourth-order valence-electron chi connectivity index (χ4n) is 1.83. The molecule has 2 aromatic carbocycles. The van der Waals surface area contributed by atoms with Crippen LogP contribution in [0.3, 0.4) is 0 Å². The molecular formula is C16H17FN2O2. The number of rotatable bonds is 4. The highest BCUT2D eigenvalue weighted by Gasteiger charge is 2.09. The largest absolute Gasteiger partial charge is 0.387 e. The second-order valence-electron chi connectivity index (χ2n) is 4.73. The topological polar surface area (TPSA) is 61.4 Å². The first-order chi connectivity index (χ1) is 10.1. The van der Waals surface area contributed by atoms with Gasteiger partial charge in [-0.15, -0.1) is 0 Å². The van der Waals surface area contributed by atoms with Crippen LogP contribution in [0.25, 0.3) is 0 Å². The van der Waals surface area contributed by atoms with Gasteiger partial charge < -0.3 is 15.7 Å². The van der Waals surface area contributed by atoms with Gasteiger partial charge in [-0.1, -0.05) is 36.4 Å². The predicted molar refractivity (Wildman–Crippen MR) is 79.6 cm³/mol. The number of carbonyl (C=O) groups excluding carboxylic acids is 1. The molecule has 1 atom stereocenters. The molecular weight excluding hydrogens is 271 g/mol. The van der Waals surface area contributed by atoms with Crippen molar-refractivity contribution in [3.05, 3.63) is 65.5 Å². The third-order valence-corrected chi connectivity index (χ3v) is 3.07. The van der Waals surface area contributed by atoms with Crippen LogP contribution in [0.1, 0.15) is 17.2 Å². The number of benzene rings is 2. The van der Waals surface area contributed by atoms with Gasteiger partial charge in [0.1, 0.15) is 5.82 Å². The van der Waals surface area contributed by atoms with Crippen LogP contribution in [0.15, 0.2) is 48.5 Å². The third kappa shape index (κ3) is 4.29.